The van der Waals surface area contributed by atoms with Crippen molar-refractivity contribution in [1.82, 2.24) is 9.55 Å². The summed E-state index contributed by atoms with van der Waals surface area (Å²) in [6, 6.07) is 6.84. The van der Waals surface area contributed by atoms with Crippen LogP contribution >= 0.6 is 11.8 Å². The van der Waals surface area contributed by atoms with Crippen LogP contribution in [0.5, 0.6) is 0 Å². The van der Waals surface area contributed by atoms with Gasteiger partial charge in [0.1, 0.15) is 5.82 Å². The second-order valence-corrected chi connectivity index (χ2v) is 6.10. The number of aryl methyl sites for hydroxylation is 1. The quantitative estimate of drug-likeness (QED) is 0.882. The summed E-state index contributed by atoms with van der Waals surface area (Å²) in [6.07, 6.45) is 0.183. The van der Waals surface area contributed by atoms with Crippen LogP contribution in [0.3, 0.4) is 0 Å². The van der Waals surface area contributed by atoms with Gasteiger partial charge in [0, 0.05) is 29.6 Å². The summed E-state index contributed by atoms with van der Waals surface area (Å²) in [5.41, 5.74) is 1.08. The summed E-state index contributed by atoms with van der Waals surface area (Å²) >= 11 is 1.48. The van der Waals surface area contributed by atoms with Gasteiger partial charge in [0.25, 0.3) is 5.56 Å². The second kappa shape index (κ2) is 5.92. The molecule has 1 amide bonds. The van der Waals surface area contributed by atoms with Gasteiger partial charge in [-0.15, -0.1) is 0 Å². The lowest BCUT2D eigenvalue weighted by Crippen LogP contribution is -2.27. The third-order valence-electron chi connectivity index (χ3n) is 3.37. The SMILES string of the molecule is Cc1cc(=O)n2c(n1)SCC2CC(=O)Nc1ccc(F)cc1. The number of benzene rings is 1. The van der Waals surface area contributed by atoms with E-state index in [2.05, 4.69) is 10.3 Å². The van der Waals surface area contributed by atoms with Crippen LogP contribution in [0.25, 0.3) is 0 Å². The molecule has 0 aliphatic carbocycles. The Morgan fingerprint density at radius 1 is 1.45 bits per heavy atom. The molecule has 1 aliphatic rings. The van der Waals surface area contributed by atoms with Gasteiger partial charge in [-0.05, 0) is 31.2 Å². The summed E-state index contributed by atoms with van der Waals surface area (Å²) in [5.74, 6) is 0.0763. The van der Waals surface area contributed by atoms with Crippen LogP contribution < -0.4 is 10.9 Å². The topological polar surface area (TPSA) is 64.0 Å². The minimum absolute atomic E-state index is 0.132. The maximum atomic E-state index is 12.8. The first kappa shape index (κ1) is 14.8. The number of fused-ring (bicyclic) bond motifs is 1. The van der Waals surface area contributed by atoms with Crippen molar-refractivity contribution in [2.45, 2.75) is 24.5 Å². The van der Waals surface area contributed by atoms with Crippen LogP contribution in [0.2, 0.25) is 0 Å². The van der Waals surface area contributed by atoms with Gasteiger partial charge < -0.3 is 5.32 Å². The largest absolute Gasteiger partial charge is 0.326 e. The van der Waals surface area contributed by atoms with Crippen LogP contribution in [0, 0.1) is 12.7 Å². The molecule has 3 rings (SSSR count). The van der Waals surface area contributed by atoms with E-state index < -0.39 is 0 Å². The van der Waals surface area contributed by atoms with Crippen molar-refractivity contribution in [1.29, 1.82) is 0 Å². The summed E-state index contributed by atoms with van der Waals surface area (Å²) < 4.78 is 14.4. The number of hydrogen-bond donors (Lipinski definition) is 1. The van der Waals surface area contributed by atoms with Crippen LogP contribution in [0.4, 0.5) is 10.1 Å². The first-order chi connectivity index (χ1) is 10.5. The molecule has 114 valence electrons. The van der Waals surface area contributed by atoms with Crippen LogP contribution in [0.1, 0.15) is 18.2 Å². The Morgan fingerprint density at radius 2 is 2.18 bits per heavy atom. The summed E-state index contributed by atoms with van der Waals surface area (Å²) in [6.45, 7) is 1.78. The zero-order valence-electron chi connectivity index (χ0n) is 11.9. The molecule has 1 aromatic carbocycles. The molecule has 2 heterocycles. The van der Waals surface area contributed by atoms with Crippen molar-refractivity contribution in [2.24, 2.45) is 0 Å². The molecule has 1 unspecified atom stereocenters. The van der Waals surface area contributed by atoms with E-state index in [-0.39, 0.29) is 29.7 Å². The highest BCUT2D eigenvalue weighted by Gasteiger charge is 2.27. The van der Waals surface area contributed by atoms with Crippen LogP contribution in [-0.2, 0) is 4.79 Å². The summed E-state index contributed by atoms with van der Waals surface area (Å²) in [4.78, 5) is 28.5. The van der Waals surface area contributed by atoms with Gasteiger partial charge in [-0.3, -0.25) is 14.2 Å². The fourth-order valence-electron chi connectivity index (χ4n) is 2.37. The number of aromatic nitrogens is 2. The van der Waals surface area contributed by atoms with Crippen molar-refractivity contribution < 1.29 is 9.18 Å². The highest BCUT2D eigenvalue weighted by molar-refractivity contribution is 7.99. The average Bonchev–Trinajstić information content (AvgIpc) is 2.84. The van der Waals surface area contributed by atoms with Gasteiger partial charge in [-0.1, -0.05) is 11.8 Å². The molecule has 0 spiro atoms. The lowest BCUT2D eigenvalue weighted by molar-refractivity contribution is -0.116. The molecule has 1 aromatic heterocycles. The summed E-state index contributed by atoms with van der Waals surface area (Å²) in [5, 5.41) is 3.36. The van der Waals surface area contributed by atoms with E-state index in [4.69, 9.17) is 0 Å². The van der Waals surface area contributed by atoms with E-state index in [1.165, 1.54) is 42.1 Å². The maximum absolute atomic E-state index is 12.8. The van der Waals surface area contributed by atoms with E-state index in [1.54, 1.807) is 11.5 Å². The predicted molar refractivity (Wildman–Crippen MR) is 82.6 cm³/mol. The molecule has 22 heavy (non-hydrogen) atoms. The van der Waals surface area contributed by atoms with E-state index in [1.807, 2.05) is 0 Å². The van der Waals surface area contributed by atoms with Crippen molar-refractivity contribution in [2.75, 3.05) is 11.1 Å². The fraction of sp³-hybridized carbons (Fsp3) is 0.267. The first-order valence-corrected chi connectivity index (χ1v) is 7.80. The van der Waals surface area contributed by atoms with Gasteiger partial charge >= 0.3 is 0 Å². The molecule has 5 nitrogen and oxygen atoms in total. The zero-order valence-corrected chi connectivity index (χ0v) is 12.7. The molecular weight excluding hydrogens is 305 g/mol. The number of thioether (sulfide) groups is 1. The predicted octanol–water partition coefficient (Wildman–Crippen LogP) is 2.37. The van der Waals surface area contributed by atoms with E-state index >= 15 is 0 Å². The molecule has 0 bridgehead atoms. The normalized spacial score (nSPS) is 16.4. The van der Waals surface area contributed by atoms with Gasteiger partial charge in [0.05, 0.1) is 6.04 Å². The monoisotopic (exact) mass is 319 g/mol. The number of anilines is 1. The Labute approximate surface area is 130 Å². The maximum Gasteiger partial charge on any atom is 0.254 e. The van der Waals surface area contributed by atoms with Crippen LogP contribution in [0.15, 0.2) is 40.3 Å². The number of amides is 1. The first-order valence-electron chi connectivity index (χ1n) is 6.81. The van der Waals surface area contributed by atoms with Crippen LogP contribution in [-0.4, -0.2) is 21.2 Å². The molecule has 0 saturated carbocycles. The smallest absolute Gasteiger partial charge is 0.254 e. The van der Waals surface area contributed by atoms with Gasteiger partial charge in [-0.2, -0.15) is 0 Å². The van der Waals surface area contributed by atoms with Gasteiger partial charge in [0.15, 0.2) is 5.16 Å². The number of carbonyl (C=O) groups excluding carboxylic acids is 1. The lowest BCUT2D eigenvalue weighted by atomic mass is 10.2. The van der Waals surface area contributed by atoms with E-state index in [0.717, 1.165) is 0 Å². The van der Waals surface area contributed by atoms with Crippen molar-refractivity contribution >= 4 is 23.4 Å². The standard InChI is InChI=1S/C15H14FN3O2S/c1-9-6-14(21)19-12(8-22-15(19)17-9)7-13(20)18-11-4-2-10(16)3-5-11/h2-6,12H,7-8H2,1H3,(H,18,20). The number of carbonyl (C=O) groups is 1. The van der Waals surface area contributed by atoms with Crippen molar-refractivity contribution in [3.8, 4) is 0 Å². The minimum atomic E-state index is -0.355. The Hall–Kier alpha value is -2.15. The number of nitrogens with zero attached hydrogens (tertiary/aromatic N) is 2. The number of halogens is 1. The molecule has 0 radical (unpaired) electrons. The van der Waals surface area contributed by atoms with Crippen molar-refractivity contribution in [3.63, 3.8) is 0 Å². The van der Waals surface area contributed by atoms with E-state index in [9.17, 15) is 14.0 Å². The number of nitrogens with one attached hydrogen (secondary N) is 1. The number of hydrogen-bond acceptors (Lipinski definition) is 4. The molecule has 0 fully saturated rings. The second-order valence-electron chi connectivity index (χ2n) is 5.11. The molecule has 0 saturated heterocycles. The van der Waals surface area contributed by atoms with Crippen molar-refractivity contribution in [3.05, 3.63) is 52.2 Å². The van der Waals surface area contributed by atoms with Gasteiger partial charge in [0.2, 0.25) is 5.91 Å². The van der Waals surface area contributed by atoms with Gasteiger partial charge in [-0.25, -0.2) is 9.37 Å². The highest BCUT2D eigenvalue weighted by Crippen LogP contribution is 2.32. The zero-order chi connectivity index (χ0) is 15.7. The Bertz CT molecular complexity index is 773. The molecule has 1 N–H and O–H groups in total. The van der Waals surface area contributed by atoms with E-state index in [0.29, 0.717) is 22.3 Å². The molecule has 1 atom stereocenters. The molecule has 1 aliphatic heterocycles. The Morgan fingerprint density at radius 3 is 2.91 bits per heavy atom. The fourth-order valence-corrected chi connectivity index (χ4v) is 3.57. The average molecular weight is 319 g/mol. The Kier molecular flexibility index (Phi) is 3.98. The lowest BCUT2D eigenvalue weighted by Gasteiger charge is -2.13. The Balaban J connectivity index is 1.72. The third-order valence-corrected chi connectivity index (χ3v) is 4.46. The number of rotatable bonds is 3. The molecule has 7 heteroatoms. The highest BCUT2D eigenvalue weighted by atomic mass is 32.2. The summed E-state index contributed by atoms with van der Waals surface area (Å²) in [7, 11) is 0. The minimum Gasteiger partial charge on any atom is -0.326 e. The molecular formula is C15H14FN3O2S. The third kappa shape index (κ3) is 3.04. The molecule has 2 aromatic rings.